The van der Waals surface area contributed by atoms with Crippen LogP contribution in [0.2, 0.25) is 0 Å². The molecule has 2 N–H and O–H groups in total. The van der Waals surface area contributed by atoms with E-state index in [1.807, 2.05) is 0 Å². The number of benzene rings is 3. The Bertz CT molecular complexity index is 1290. The first-order valence-electron chi connectivity index (χ1n) is 10.4. The molecule has 0 aliphatic heterocycles. The van der Waals surface area contributed by atoms with Crippen LogP contribution in [0.15, 0.2) is 83.0 Å². The fraction of sp³-hybridized carbons (Fsp3) is 0.0800. The molecule has 0 bridgehead atoms. The molecule has 0 atom stereocenters. The lowest BCUT2D eigenvalue weighted by Crippen LogP contribution is -2.31. The summed E-state index contributed by atoms with van der Waals surface area (Å²) in [6.07, 6.45) is 1.40. The number of nitro groups is 1. The summed E-state index contributed by atoms with van der Waals surface area (Å²) in [4.78, 5) is 48.1. The maximum Gasteiger partial charge on any atom is 0.338 e. The fourth-order valence-corrected chi connectivity index (χ4v) is 3.42. The van der Waals surface area contributed by atoms with Crippen molar-refractivity contribution in [2.24, 2.45) is 0 Å². The molecule has 3 aromatic carbocycles. The van der Waals surface area contributed by atoms with Crippen molar-refractivity contribution in [3.8, 4) is 0 Å². The van der Waals surface area contributed by atoms with Crippen molar-refractivity contribution in [2.45, 2.75) is 6.92 Å². The molecule has 0 saturated heterocycles. The summed E-state index contributed by atoms with van der Waals surface area (Å²) in [6.45, 7) is 1.94. The molecule has 0 fully saturated rings. The van der Waals surface area contributed by atoms with Crippen molar-refractivity contribution in [2.75, 3.05) is 11.9 Å². The summed E-state index contributed by atoms with van der Waals surface area (Å²) < 4.78 is 5.49. The molecule has 10 heteroatoms. The summed E-state index contributed by atoms with van der Waals surface area (Å²) in [6, 6.07) is 18.3. The van der Waals surface area contributed by atoms with Gasteiger partial charge in [0.1, 0.15) is 5.70 Å². The van der Waals surface area contributed by atoms with E-state index in [1.165, 1.54) is 54.6 Å². The molecular weight excluding hydrogens is 518 g/mol. The average Bonchev–Trinajstić information content (AvgIpc) is 2.84. The number of nitro benzene ring substituents is 1. The van der Waals surface area contributed by atoms with Gasteiger partial charge in [-0.05, 0) is 83.0 Å². The van der Waals surface area contributed by atoms with Crippen molar-refractivity contribution in [1.29, 1.82) is 0 Å². The fourth-order valence-electron chi connectivity index (χ4n) is 2.95. The van der Waals surface area contributed by atoms with Crippen LogP contribution >= 0.6 is 15.9 Å². The van der Waals surface area contributed by atoms with Gasteiger partial charge in [0.15, 0.2) is 0 Å². The lowest BCUT2D eigenvalue weighted by atomic mass is 10.1. The number of hydrogen-bond donors (Lipinski definition) is 2. The molecule has 0 aliphatic rings. The van der Waals surface area contributed by atoms with Crippen LogP contribution in [-0.4, -0.2) is 29.3 Å². The highest BCUT2D eigenvalue weighted by atomic mass is 79.9. The molecule has 0 aliphatic carbocycles. The molecule has 9 nitrogen and oxygen atoms in total. The second-order valence-electron chi connectivity index (χ2n) is 7.09. The molecule has 0 aromatic heterocycles. The van der Waals surface area contributed by atoms with Crippen LogP contribution in [0.25, 0.3) is 6.08 Å². The van der Waals surface area contributed by atoms with E-state index in [0.717, 1.165) is 0 Å². The smallest absolute Gasteiger partial charge is 0.338 e. The van der Waals surface area contributed by atoms with Crippen LogP contribution < -0.4 is 10.6 Å². The van der Waals surface area contributed by atoms with E-state index in [-0.39, 0.29) is 18.0 Å². The van der Waals surface area contributed by atoms with Crippen LogP contribution in [0.5, 0.6) is 0 Å². The Morgan fingerprint density at radius 3 is 2.26 bits per heavy atom. The van der Waals surface area contributed by atoms with Gasteiger partial charge in [-0.3, -0.25) is 19.7 Å². The highest BCUT2D eigenvalue weighted by molar-refractivity contribution is 9.10. The van der Waals surface area contributed by atoms with Gasteiger partial charge in [-0.25, -0.2) is 4.79 Å². The standard InChI is InChI=1S/C25H20BrN3O6/c1-2-35-25(32)17-9-11-18(12-10-17)27-24(31)22(15-16-7-13-19(14-8-16)29(33)34)28-23(30)20-5-3-4-6-21(20)26/h3-15H,2H2,1H3,(H,27,31)(H,28,30)/b22-15+. The van der Waals surface area contributed by atoms with Crippen LogP contribution in [0, 0.1) is 10.1 Å². The number of anilines is 1. The summed E-state index contributed by atoms with van der Waals surface area (Å²) in [5.41, 5.74) is 1.29. The maximum absolute atomic E-state index is 13.1. The van der Waals surface area contributed by atoms with Gasteiger partial charge in [0, 0.05) is 22.3 Å². The quantitative estimate of drug-likeness (QED) is 0.181. The van der Waals surface area contributed by atoms with Gasteiger partial charge < -0.3 is 15.4 Å². The molecule has 178 valence electrons. The monoisotopic (exact) mass is 537 g/mol. The highest BCUT2D eigenvalue weighted by Gasteiger charge is 2.17. The third kappa shape index (κ3) is 6.84. The number of halogens is 1. The lowest BCUT2D eigenvalue weighted by Gasteiger charge is -2.12. The third-order valence-corrected chi connectivity index (χ3v) is 5.37. The molecule has 3 rings (SSSR count). The Kier molecular flexibility index (Phi) is 8.47. The van der Waals surface area contributed by atoms with Crippen molar-refractivity contribution in [3.05, 3.63) is 110 Å². The topological polar surface area (TPSA) is 128 Å². The molecule has 0 radical (unpaired) electrons. The number of non-ortho nitro benzene ring substituents is 1. The van der Waals surface area contributed by atoms with Gasteiger partial charge in [-0.15, -0.1) is 0 Å². The molecular formula is C25H20BrN3O6. The maximum atomic E-state index is 13.1. The van der Waals surface area contributed by atoms with Gasteiger partial charge in [0.05, 0.1) is 22.7 Å². The van der Waals surface area contributed by atoms with Crippen molar-refractivity contribution >= 4 is 51.2 Å². The van der Waals surface area contributed by atoms with E-state index >= 15 is 0 Å². The van der Waals surface area contributed by atoms with Crippen molar-refractivity contribution in [3.63, 3.8) is 0 Å². The van der Waals surface area contributed by atoms with Crippen molar-refractivity contribution < 1.29 is 24.0 Å². The van der Waals surface area contributed by atoms with E-state index < -0.39 is 22.7 Å². The first-order valence-corrected chi connectivity index (χ1v) is 11.2. The minimum atomic E-state index is -0.632. The third-order valence-electron chi connectivity index (χ3n) is 4.68. The zero-order valence-electron chi connectivity index (χ0n) is 18.5. The van der Waals surface area contributed by atoms with Gasteiger partial charge >= 0.3 is 5.97 Å². The molecule has 0 heterocycles. The minimum absolute atomic E-state index is 0.0888. The van der Waals surface area contributed by atoms with Gasteiger partial charge in [-0.1, -0.05) is 12.1 Å². The van der Waals surface area contributed by atoms with Crippen LogP contribution in [0.3, 0.4) is 0 Å². The number of nitrogens with one attached hydrogen (secondary N) is 2. The van der Waals surface area contributed by atoms with E-state index in [0.29, 0.717) is 26.9 Å². The highest BCUT2D eigenvalue weighted by Crippen LogP contribution is 2.18. The Hall–Kier alpha value is -4.31. The van der Waals surface area contributed by atoms with Crippen molar-refractivity contribution in [1.82, 2.24) is 5.32 Å². The lowest BCUT2D eigenvalue weighted by molar-refractivity contribution is -0.384. The zero-order valence-corrected chi connectivity index (χ0v) is 20.1. The van der Waals surface area contributed by atoms with Gasteiger partial charge in [0.2, 0.25) is 0 Å². The summed E-state index contributed by atoms with van der Waals surface area (Å²) in [7, 11) is 0. The van der Waals surface area contributed by atoms with Crippen LogP contribution in [0.1, 0.15) is 33.2 Å². The zero-order chi connectivity index (χ0) is 25.4. The Morgan fingerprint density at radius 1 is 1.00 bits per heavy atom. The molecule has 35 heavy (non-hydrogen) atoms. The SMILES string of the molecule is CCOC(=O)c1ccc(NC(=O)/C(=C\c2ccc([N+](=O)[O-])cc2)NC(=O)c2ccccc2Br)cc1. The number of rotatable bonds is 8. The Labute approximate surface area is 209 Å². The van der Waals surface area contributed by atoms with Crippen LogP contribution in [0.4, 0.5) is 11.4 Å². The van der Waals surface area contributed by atoms with Gasteiger partial charge in [-0.2, -0.15) is 0 Å². The first-order chi connectivity index (χ1) is 16.8. The first kappa shape index (κ1) is 25.3. The number of carbonyl (C=O) groups is 3. The normalized spacial score (nSPS) is 10.9. The summed E-state index contributed by atoms with van der Waals surface area (Å²) >= 11 is 3.31. The number of nitrogens with zero attached hydrogens (tertiary/aromatic N) is 1. The van der Waals surface area contributed by atoms with Crippen LogP contribution in [-0.2, 0) is 9.53 Å². The van der Waals surface area contributed by atoms with E-state index in [9.17, 15) is 24.5 Å². The number of amides is 2. The summed E-state index contributed by atoms with van der Waals surface area (Å²) in [5.74, 6) is -1.64. The minimum Gasteiger partial charge on any atom is -0.462 e. The average molecular weight is 538 g/mol. The predicted molar refractivity (Wildman–Crippen MR) is 134 cm³/mol. The number of hydrogen-bond acceptors (Lipinski definition) is 6. The second-order valence-corrected chi connectivity index (χ2v) is 7.95. The number of ether oxygens (including phenoxy) is 1. The molecule has 3 aromatic rings. The molecule has 2 amide bonds. The largest absolute Gasteiger partial charge is 0.462 e. The van der Waals surface area contributed by atoms with E-state index in [1.54, 1.807) is 31.2 Å². The second kappa shape index (κ2) is 11.7. The van der Waals surface area contributed by atoms with Gasteiger partial charge in [0.25, 0.3) is 17.5 Å². The molecule has 0 unspecified atom stereocenters. The number of esters is 1. The van der Waals surface area contributed by atoms with E-state index in [2.05, 4.69) is 26.6 Å². The molecule has 0 saturated carbocycles. The summed E-state index contributed by atoms with van der Waals surface area (Å²) in [5, 5.41) is 16.2. The molecule has 0 spiro atoms. The number of carbonyl (C=O) groups excluding carboxylic acids is 3. The Morgan fingerprint density at radius 2 is 1.66 bits per heavy atom. The predicted octanol–water partition coefficient (Wildman–Crippen LogP) is 4.94. The van der Waals surface area contributed by atoms with E-state index in [4.69, 9.17) is 4.74 Å². The Balaban J connectivity index is 1.87.